The molecule has 0 bridgehead atoms. The molecule has 0 fully saturated rings. The van der Waals surface area contributed by atoms with Crippen LogP contribution in [0, 0.1) is 0 Å². The molecule has 24 heavy (non-hydrogen) atoms. The van der Waals surface area contributed by atoms with Crippen molar-refractivity contribution in [3.05, 3.63) is 47.8 Å². The lowest BCUT2D eigenvalue weighted by molar-refractivity contribution is 0.188. The van der Waals surface area contributed by atoms with Gasteiger partial charge in [0.05, 0.1) is 17.5 Å². The molecule has 0 spiro atoms. The number of ether oxygens (including phenoxy) is 1. The average Bonchev–Trinajstić information content (AvgIpc) is 3.31. The van der Waals surface area contributed by atoms with Crippen LogP contribution >= 0.6 is 11.3 Å². The summed E-state index contributed by atoms with van der Waals surface area (Å²) in [4.78, 5) is 14.6. The van der Waals surface area contributed by atoms with Gasteiger partial charge in [-0.15, -0.1) is 11.3 Å². The predicted molar refractivity (Wildman–Crippen MR) is 93.1 cm³/mol. The van der Waals surface area contributed by atoms with Crippen molar-refractivity contribution < 1.29 is 4.74 Å². The topological polar surface area (TPSA) is 67.6 Å². The summed E-state index contributed by atoms with van der Waals surface area (Å²) in [5.74, 6) is 2.81. The van der Waals surface area contributed by atoms with Gasteiger partial charge in [0.15, 0.2) is 6.17 Å². The number of nitrogens with one attached hydrogen (secondary N) is 1. The molecule has 1 N–H and O–H groups in total. The normalized spacial score (nSPS) is 18.9. The maximum absolute atomic E-state index is 5.38. The Kier molecular flexibility index (Phi) is 3.81. The molecule has 0 saturated carbocycles. The van der Waals surface area contributed by atoms with E-state index in [1.807, 2.05) is 48.3 Å². The van der Waals surface area contributed by atoms with Gasteiger partial charge in [-0.3, -0.25) is 15.4 Å². The van der Waals surface area contributed by atoms with Crippen molar-refractivity contribution in [2.75, 3.05) is 7.11 Å². The van der Waals surface area contributed by atoms with E-state index < -0.39 is 0 Å². The van der Waals surface area contributed by atoms with Crippen molar-refractivity contribution in [1.82, 2.24) is 25.0 Å². The molecule has 4 rings (SSSR count). The Bertz CT molecular complexity index is 820. The Labute approximate surface area is 144 Å². The van der Waals surface area contributed by atoms with Gasteiger partial charge in [-0.05, 0) is 12.2 Å². The minimum Gasteiger partial charge on any atom is -0.497 e. The molecule has 7 nitrogen and oxygen atoms in total. The number of fused-ring (bicyclic) bond motifs is 1. The Balaban J connectivity index is 1.45. The van der Waals surface area contributed by atoms with Crippen LogP contribution < -0.4 is 5.43 Å². The number of aliphatic imine (C=N–C) groups is 1. The minimum absolute atomic E-state index is 0.107. The second-order valence-electron chi connectivity index (χ2n) is 5.60. The number of aromatic nitrogens is 3. The van der Waals surface area contributed by atoms with Crippen LogP contribution in [-0.2, 0) is 18.2 Å². The molecule has 1 unspecified atom stereocenters. The number of nitrogens with zero attached hydrogens (tertiary/aromatic N) is 5. The predicted octanol–water partition coefficient (Wildman–Crippen LogP) is 2.08. The number of thiazole rings is 1. The molecule has 2 aliphatic rings. The monoisotopic (exact) mass is 342 g/mol. The summed E-state index contributed by atoms with van der Waals surface area (Å²) >= 11 is 1.60. The van der Waals surface area contributed by atoms with Crippen LogP contribution in [0.4, 0.5) is 0 Å². The number of rotatable bonds is 5. The van der Waals surface area contributed by atoms with Gasteiger partial charge in [0.2, 0.25) is 0 Å². The smallest absolute Gasteiger partial charge is 0.198 e. The van der Waals surface area contributed by atoms with Crippen molar-refractivity contribution in [1.29, 1.82) is 0 Å². The zero-order valence-corrected chi connectivity index (χ0v) is 14.3. The lowest BCUT2D eigenvalue weighted by Gasteiger charge is -2.24. The van der Waals surface area contributed by atoms with E-state index in [9.17, 15) is 0 Å². The second-order valence-corrected chi connectivity index (χ2v) is 6.49. The number of allylic oxidation sites excluding steroid dienone is 2. The van der Waals surface area contributed by atoms with Crippen molar-refractivity contribution in [3.8, 4) is 10.6 Å². The largest absolute Gasteiger partial charge is 0.497 e. The summed E-state index contributed by atoms with van der Waals surface area (Å²) in [5, 5.41) is 1.95. The number of hydrazine groups is 1. The number of amidine groups is 1. The molecule has 0 aromatic carbocycles. The van der Waals surface area contributed by atoms with E-state index in [1.54, 1.807) is 18.4 Å². The summed E-state index contributed by atoms with van der Waals surface area (Å²) in [6.07, 6.45) is 11.3. The lowest BCUT2D eigenvalue weighted by atomic mass is 10.2. The van der Waals surface area contributed by atoms with E-state index in [-0.39, 0.29) is 6.17 Å². The van der Waals surface area contributed by atoms with Crippen LogP contribution in [0.25, 0.3) is 10.6 Å². The van der Waals surface area contributed by atoms with Crippen molar-refractivity contribution in [2.24, 2.45) is 12.0 Å². The third-order valence-corrected chi connectivity index (χ3v) is 4.84. The Morgan fingerprint density at radius 2 is 2.29 bits per heavy atom. The van der Waals surface area contributed by atoms with E-state index in [0.29, 0.717) is 0 Å². The van der Waals surface area contributed by atoms with Crippen LogP contribution in [0.2, 0.25) is 0 Å². The fourth-order valence-electron chi connectivity index (χ4n) is 2.81. The van der Waals surface area contributed by atoms with E-state index >= 15 is 0 Å². The van der Waals surface area contributed by atoms with Crippen LogP contribution in [0.15, 0.2) is 47.0 Å². The average molecular weight is 342 g/mol. The fraction of sp³-hybridized carbons (Fsp3) is 0.312. The quantitative estimate of drug-likeness (QED) is 0.901. The Hall–Kier alpha value is -2.61. The van der Waals surface area contributed by atoms with E-state index in [4.69, 9.17) is 14.7 Å². The molecule has 2 aromatic rings. The molecule has 0 radical (unpaired) electrons. The second kappa shape index (κ2) is 6.12. The van der Waals surface area contributed by atoms with Gasteiger partial charge in [0.1, 0.15) is 23.1 Å². The highest BCUT2D eigenvalue weighted by Gasteiger charge is 2.29. The summed E-state index contributed by atoms with van der Waals surface area (Å²) in [6, 6.07) is 0. The molecule has 0 aliphatic carbocycles. The Morgan fingerprint density at radius 1 is 1.38 bits per heavy atom. The number of hydrogen-bond donors (Lipinski definition) is 1. The highest BCUT2D eigenvalue weighted by Crippen LogP contribution is 2.24. The van der Waals surface area contributed by atoms with Crippen LogP contribution in [-0.4, -0.2) is 38.7 Å². The van der Waals surface area contributed by atoms with Gasteiger partial charge in [0.25, 0.3) is 0 Å². The first-order chi connectivity index (χ1) is 11.7. The minimum atomic E-state index is -0.107. The van der Waals surface area contributed by atoms with Crippen LogP contribution in [0.3, 0.4) is 0 Å². The first-order valence-electron chi connectivity index (χ1n) is 7.70. The van der Waals surface area contributed by atoms with E-state index in [1.165, 1.54) is 0 Å². The van der Waals surface area contributed by atoms with Crippen molar-refractivity contribution in [3.63, 3.8) is 0 Å². The number of aryl methyl sites for hydroxylation is 2. The van der Waals surface area contributed by atoms with Gasteiger partial charge >= 0.3 is 0 Å². The summed E-state index contributed by atoms with van der Waals surface area (Å²) in [7, 11) is 3.69. The van der Waals surface area contributed by atoms with Gasteiger partial charge < -0.3 is 9.30 Å². The number of methoxy groups -OCH3 is 1. The van der Waals surface area contributed by atoms with Gasteiger partial charge in [-0.1, -0.05) is 0 Å². The van der Waals surface area contributed by atoms with Gasteiger partial charge in [0, 0.05) is 38.5 Å². The SMILES string of the molecule is COC1=CC=CN2NC(CCc3nc(-c4cncs4)cn3C)=NC12. The molecule has 2 aromatic heterocycles. The zero-order valence-electron chi connectivity index (χ0n) is 13.5. The Morgan fingerprint density at radius 3 is 3.08 bits per heavy atom. The lowest BCUT2D eigenvalue weighted by Crippen LogP contribution is -2.38. The maximum atomic E-state index is 5.38. The standard InChI is InChI=1S/C16H18N6OS/c1-21-9-11(13-8-17-10-24-13)18-15(21)6-5-14-19-16-12(23-2)4-3-7-22(16)20-14/h3-4,7-10,16H,5-6H2,1-2H3,(H,19,20). The molecular weight excluding hydrogens is 324 g/mol. The first kappa shape index (κ1) is 14.9. The molecular formula is C16H18N6OS. The third-order valence-electron chi connectivity index (χ3n) is 4.04. The van der Waals surface area contributed by atoms with Crippen molar-refractivity contribution in [2.45, 2.75) is 19.0 Å². The molecule has 1 atom stereocenters. The van der Waals surface area contributed by atoms with E-state index in [0.717, 1.165) is 40.8 Å². The van der Waals surface area contributed by atoms with Crippen LogP contribution in [0.1, 0.15) is 12.2 Å². The third kappa shape index (κ3) is 2.69. The fourth-order valence-corrected chi connectivity index (χ4v) is 3.38. The summed E-state index contributed by atoms with van der Waals surface area (Å²) < 4.78 is 7.45. The summed E-state index contributed by atoms with van der Waals surface area (Å²) in [6.45, 7) is 0. The highest BCUT2D eigenvalue weighted by atomic mass is 32.1. The molecule has 8 heteroatoms. The maximum Gasteiger partial charge on any atom is 0.198 e. The number of imidazole rings is 1. The highest BCUT2D eigenvalue weighted by molar-refractivity contribution is 7.13. The molecule has 0 amide bonds. The van der Waals surface area contributed by atoms with Gasteiger partial charge in [-0.2, -0.15) is 0 Å². The molecule has 0 saturated heterocycles. The first-order valence-corrected chi connectivity index (χ1v) is 8.57. The summed E-state index contributed by atoms with van der Waals surface area (Å²) in [5.41, 5.74) is 6.11. The van der Waals surface area contributed by atoms with Crippen LogP contribution in [0.5, 0.6) is 0 Å². The zero-order chi connectivity index (χ0) is 16.5. The van der Waals surface area contributed by atoms with Crippen molar-refractivity contribution >= 4 is 17.2 Å². The molecule has 2 aliphatic heterocycles. The molecule has 124 valence electrons. The number of hydrogen-bond acceptors (Lipinski definition) is 7. The van der Waals surface area contributed by atoms with E-state index in [2.05, 4.69) is 15.0 Å². The molecule has 4 heterocycles. The van der Waals surface area contributed by atoms with Gasteiger partial charge in [-0.25, -0.2) is 9.98 Å².